The Kier molecular flexibility index (Phi) is 5.34. The third-order valence-corrected chi connectivity index (χ3v) is 2.11. The summed E-state index contributed by atoms with van der Waals surface area (Å²) in [5.41, 5.74) is 1.12. The summed E-state index contributed by atoms with van der Waals surface area (Å²) in [6.45, 7) is 4.05. The average Bonchev–Trinajstić information content (AvgIpc) is 2.28. The first kappa shape index (κ1) is 12.5. The van der Waals surface area contributed by atoms with Gasteiger partial charge >= 0.3 is 5.97 Å². The number of esters is 1. The quantitative estimate of drug-likeness (QED) is 0.555. The molecule has 0 atom stereocenters. The summed E-state index contributed by atoms with van der Waals surface area (Å²) in [6.07, 6.45) is 6.45. The van der Waals surface area contributed by atoms with Crippen molar-refractivity contribution in [3.8, 4) is 5.75 Å². The molecule has 0 saturated carbocycles. The van der Waals surface area contributed by atoms with E-state index >= 15 is 0 Å². The van der Waals surface area contributed by atoms with E-state index in [1.54, 1.807) is 0 Å². The Morgan fingerprint density at radius 2 is 1.94 bits per heavy atom. The van der Waals surface area contributed by atoms with Crippen molar-refractivity contribution in [1.29, 1.82) is 0 Å². The lowest BCUT2D eigenvalue weighted by atomic mass is 10.2. The van der Waals surface area contributed by atoms with E-state index in [1.807, 2.05) is 31.2 Å². The molecule has 0 heterocycles. The second-order valence-corrected chi connectivity index (χ2v) is 3.60. The van der Waals surface area contributed by atoms with Crippen molar-refractivity contribution in [3.05, 3.63) is 35.9 Å². The zero-order chi connectivity index (χ0) is 11.8. The smallest absolute Gasteiger partial charge is 0.311 e. The summed E-state index contributed by atoms with van der Waals surface area (Å²) in [4.78, 5) is 11.2. The maximum Gasteiger partial charge on any atom is 0.311 e. The molecular weight excluding hydrogens is 200 g/mol. The third-order valence-electron chi connectivity index (χ3n) is 2.11. The highest BCUT2D eigenvalue weighted by atomic mass is 16.5. The summed E-state index contributed by atoms with van der Waals surface area (Å²) in [7, 11) is 0. The van der Waals surface area contributed by atoms with E-state index in [2.05, 4.69) is 19.1 Å². The van der Waals surface area contributed by atoms with Gasteiger partial charge in [-0.1, -0.05) is 38.1 Å². The Hall–Kier alpha value is -1.57. The van der Waals surface area contributed by atoms with Gasteiger partial charge in [0.25, 0.3) is 0 Å². The number of allylic oxidation sites excluding steroid dienone is 1. The summed E-state index contributed by atoms with van der Waals surface area (Å²) in [6, 6.07) is 7.53. The van der Waals surface area contributed by atoms with Gasteiger partial charge in [-0.2, -0.15) is 0 Å². The van der Waals surface area contributed by atoms with E-state index in [9.17, 15) is 4.79 Å². The normalized spacial score (nSPS) is 10.6. The van der Waals surface area contributed by atoms with Crippen LogP contribution in [0.1, 0.15) is 38.7 Å². The van der Waals surface area contributed by atoms with E-state index in [0.29, 0.717) is 12.2 Å². The summed E-state index contributed by atoms with van der Waals surface area (Å²) >= 11 is 0. The highest BCUT2D eigenvalue weighted by molar-refractivity contribution is 5.72. The fourth-order valence-corrected chi connectivity index (χ4v) is 1.29. The molecule has 0 amide bonds. The van der Waals surface area contributed by atoms with Crippen molar-refractivity contribution in [1.82, 2.24) is 0 Å². The van der Waals surface area contributed by atoms with Gasteiger partial charge in [-0.05, 0) is 30.5 Å². The molecule has 2 heteroatoms. The van der Waals surface area contributed by atoms with Gasteiger partial charge in [-0.3, -0.25) is 4.79 Å². The minimum Gasteiger partial charge on any atom is -0.427 e. The van der Waals surface area contributed by atoms with Crippen LogP contribution < -0.4 is 4.74 Å². The van der Waals surface area contributed by atoms with Crippen LogP contribution >= 0.6 is 0 Å². The van der Waals surface area contributed by atoms with Crippen LogP contribution in [0.25, 0.3) is 6.08 Å². The second kappa shape index (κ2) is 6.83. The molecule has 0 unspecified atom stereocenters. The lowest BCUT2D eigenvalue weighted by Gasteiger charge is -2.03. The van der Waals surface area contributed by atoms with Gasteiger partial charge in [0.1, 0.15) is 5.75 Å². The molecule has 1 aromatic carbocycles. The molecule has 0 fully saturated rings. The van der Waals surface area contributed by atoms with Crippen LogP contribution in [0.5, 0.6) is 5.75 Å². The Morgan fingerprint density at radius 3 is 2.50 bits per heavy atom. The fraction of sp³-hybridized carbons (Fsp3) is 0.357. The number of carbonyl (C=O) groups excluding carboxylic acids is 1. The van der Waals surface area contributed by atoms with Crippen LogP contribution in [0.3, 0.4) is 0 Å². The molecule has 0 aliphatic carbocycles. The zero-order valence-electron chi connectivity index (χ0n) is 9.90. The lowest BCUT2D eigenvalue weighted by molar-refractivity contribution is -0.134. The van der Waals surface area contributed by atoms with Crippen molar-refractivity contribution in [2.75, 3.05) is 0 Å². The van der Waals surface area contributed by atoms with E-state index in [4.69, 9.17) is 4.74 Å². The van der Waals surface area contributed by atoms with Crippen molar-refractivity contribution >= 4 is 12.0 Å². The fourth-order valence-electron chi connectivity index (χ4n) is 1.29. The van der Waals surface area contributed by atoms with Gasteiger partial charge in [-0.25, -0.2) is 0 Å². The molecule has 16 heavy (non-hydrogen) atoms. The summed E-state index contributed by atoms with van der Waals surface area (Å²) in [5.74, 6) is 0.450. The summed E-state index contributed by atoms with van der Waals surface area (Å²) < 4.78 is 5.15. The molecule has 0 saturated heterocycles. The van der Waals surface area contributed by atoms with Crippen molar-refractivity contribution in [2.45, 2.75) is 33.1 Å². The minimum absolute atomic E-state index is 0.167. The number of carbonyl (C=O) groups is 1. The SMILES string of the molecule is CC/C=C/c1ccc(OC(=O)CCC)cc1. The van der Waals surface area contributed by atoms with Gasteiger partial charge in [0.05, 0.1) is 0 Å². The molecule has 1 aromatic rings. The number of hydrogen-bond donors (Lipinski definition) is 0. The molecule has 0 aliphatic rings. The maximum atomic E-state index is 11.2. The molecule has 0 radical (unpaired) electrons. The van der Waals surface area contributed by atoms with Gasteiger partial charge in [-0.15, -0.1) is 0 Å². The second-order valence-electron chi connectivity index (χ2n) is 3.60. The standard InChI is InChI=1S/C14H18O2/c1-3-5-7-12-8-10-13(11-9-12)16-14(15)6-4-2/h5,7-11H,3-4,6H2,1-2H3/b7-5+. The predicted octanol–water partition coefficient (Wildman–Crippen LogP) is 3.82. The van der Waals surface area contributed by atoms with Crippen LogP contribution in [0, 0.1) is 0 Å². The van der Waals surface area contributed by atoms with Crippen LogP contribution in [-0.2, 0) is 4.79 Å². The maximum absolute atomic E-state index is 11.2. The van der Waals surface area contributed by atoms with Crippen molar-refractivity contribution < 1.29 is 9.53 Å². The number of benzene rings is 1. The van der Waals surface area contributed by atoms with Gasteiger partial charge in [0.15, 0.2) is 0 Å². The van der Waals surface area contributed by atoms with Crippen LogP contribution in [0.4, 0.5) is 0 Å². The van der Waals surface area contributed by atoms with Gasteiger partial charge < -0.3 is 4.74 Å². The van der Waals surface area contributed by atoms with E-state index in [1.165, 1.54) is 0 Å². The minimum atomic E-state index is -0.167. The highest BCUT2D eigenvalue weighted by Gasteiger charge is 2.02. The predicted molar refractivity (Wildman–Crippen MR) is 66.3 cm³/mol. The van der Waals surface area contributed by atoms with E-state index in [0.717, 1.165) is 18.4 Å². The van der Waals surface area contributed by atoms with Gasteiger partial charge in [0, 0.05) is 6.42 Å². The largest absolute Gasteiger partial charge is 0.427 e. The highest BCUT2D eigenvalue weighted by Crippen LogP contribution is 2.14. The average molecular weight is 218 g/mol. The molecule has 0 spiro atoms. The van der Waals surface area contributed by atoms with Crippen LogP contribution in [0.15, 0.2) is 30.3 Å². The molecular formula is C14H18O2. The van der Waals surface area contributed by atoms with Crippen LogP contribution in [-0.4, -0.2) is 5.97 Å². The van der Waals surface area contributed by atoms with Gasteiger partial charge in [0.2, 0.25) is 0 Å². The lowest BCUT2D eigenvalue weighted by Crippen LogP contribution is -2.06. The Labute approximate surface area is 96.9 Å². The van der Waals surface area contributed by atoms with Crippen molar-refractivity contribution in [3.63, 3.8) is 0 Å². The molecule has 0 N–H and O–H groups in total. The van der Waals surface area contributed by atoms with Crippen LogP contribution in [0.2, 0.25) is 0 Å². The third kappa shape index (κ3) is 4.30. The van der Waals surface area contributed by atoms with E-state index < -0.39 is 0 Å². The molecule has 2 nitrogen and oxygen atoms in total. The number of hydrogen-bond acceptors (Lipinski definition) is 2. The van der Waals surface area contributed by atoms with E-state index in [-0.39, 0.29) is 5.97 Å². The zero-order valence-corrected chi connectivity index (χ0v) is 9.90. The Balaban J connectivity index is 2.57. The first-order valence-corrected chi connectivity index (χ1v) is 5.73. The molecule has 0 aromatic heterocycles. The molecule has 0 aliphatic heterocycles. The Morgan fingerprint density at radius 1 is 1.25 bits per heavy atom. The number of ether oxygens (including phenoxy) is 1. The topological polar surface area (TPSA) is 26.3 Å². The monoisotopic (exact) mass is 218 g/mol. The molecule has 1 rings (SSSR count). The number of rotatable bonds is 5. The first-order chi connectivity index (χ1) is 7.76. The molecule has 0 bridgehead atoms. The summed E-state index contributed by atoms with van der Waals surface area (Å²) in [5, 5.41) is 0. The first-order valence-electron chi connectivity index (χ1n) is 5.73. The Bertz CT molecular complexity index is 350. The molecule has 86 valence electrons. The van der Waals surface area contributed by atoms with Crippen molar-refractivity contribution in [2.24, 2.45) is 0 Å².